The highest BCUT2D eigenvalue weighted by atomic mass is 16.4. The summed E-state index contributed by atoms with van der Waals surface area (Å²) in [4.78, 5) is 0. The number of aliphatic hydroxyl groups is 3. The molecule has 3 heteroatoms. The van der Waals surface area contributed by atoms with Crippen molar-refractivity contribution in [2.45, 2.75) is 33.0 Å². The zero-order valence-corrected chi connectivity index (χ0v) is 6.20. The molecule has 2 unspecified atom stereocenters. The Balaban J connectivity index is 0. The lowest BCUT2D eigenvalue weighted by molar-refractivity contribution is -0.00425. The molecule has 0 aromatic heterocycles. The maximum absolute atomic E-state index is 8.44. The molecule has 0 aromatic carbocycles. The van der Waals surface area contributed by atoms with Gasteiger partial charge in [0.1, 0.15) is 6.10 Å². The van der Waals surface area contributed by atoms with E-state index in [9.17, 15) is 0 Å². The molecular weight excluding hydrogens is 120 g/mol. The first-order valence-electron chi connectivity index (χ1n) is 3.15. The summed E-state index contributed by atoms with van der Waals surface area (Å²) in [7, 11) is 0. The summed E-state index contributed by atoms with van der Waals surface area (Å²) in [6, 6.07) is 0. The van der Waals surface area contributed by atoms with Crippen molar-refractivity contribution in [2.75, 3.05) is 6.61 Å². The first kappa shape index (κ1) is 11.6. The number of hydrogen-bond acceptors (Lipinski definition) is 3. The van der Waals surface area contributed by atoms with Crippen LogP contribution in [0.25, 0.3) is 0 Å². The van der Waals surface area contributed by atoms with Crippen molar-refractivity contribution >= 4 is 0 Å². The maximum Gasteiger partial charge on any atom is 0.103 e. The van der Waals surface area contributed by atoms with E-state index < -0.39 is 12.2 Å². The van der Waals surface area contributed by atoms with Crippen molar-refractivity contribution in [1.82, 2.24) is 0 Å². The van der Waals surface area contributed by atoms with Crippen LogP contribution < -0.4 is 0 Å². The first-order valence-corrected chi connectivity index (χ1v) is 3.15. The topological polar surface area (TPSA) is 60.7 Å². The fraction of sp³-hybridized carbons (Fsp3) is 1.00. The Kier molecular flexibility index (Phi) is 10.2. The van der Waals surface area contributed by atoms with Crippen LogP contribution in [-0.4, -0.2) is 34.1 Å². The molecule has 0 amide bonds. The van der Waals surface area contributed by atoms with Crippen molar-refractivity contribution < 1.29 is 15.3 Å². The quantitative estimate of drug-likeness (QED) is 0.490. The largest absolute Gasteiger partial charge is 0.394 e. The van der Waals surface area contributed by atoms with Gasteiger partial charge in [0.25, 0.3) is 0 Å². The molecular formula is C6H16O3. The highest BCUT2D eigenvalue weighted by molar-refractivity contribution is 4.57. The van der Waals surface area contributed by atoms with Gasteiger partial charge in [-0.2, -0.15) is 0 Å². The van der Waals surface area contributed by atoms with Crippen molar-refractivity contribution in [2.24, 2.45) is 0 Å². The lowest BCUT2D eigenvalue weighted by Gasteiger charge is -2.07. The van der Waals surface area contributed by atoms with Gasteiger partial charge >= 0.3 is 0 Å². The summed E-state index contributed by atoms with van der Waals surface area (Å²) in [5.41, 5.74) is 0. The Labute approximate surface area is 56.0 Å². The molecule has 0 bridgehead atoms. The SMILES string of the molecule is CC.CC(O)C(O)CO. The summed E-state index contributed by atoms with van der Waals surface area (Å²) in [5, 5.41) is 24.9. The van der Waals surface area contributed by atoms with Crippen LogP contribution in [0.2, 0.25) is 0 Å². The number of aliphatic hydroxyl groups excluding tert-OH is 3. The van der Waals surface area contributed by atoms with E-state index in [0.29, 0.717) is 0 Å². The molecule has 0 fully saturated rings. The molecule has 0 aliphatic rings. The normalized spacial score (nSPS) is 15.3. The zero-order chi connectivity index (χ0) is 7.86. The smallest absolute Gasteiger partial charge is 0.103 e. The van der Waals surface area contributed by atoms with Crippen LogP contribution in [-0.2, 0) is 0 Å². The molecule has 0 spiro atoms. The van der Waals surface area contributed by atoms with Crippen LogP contribution >= 0.6 is 0 Å². The van der Waals surface area contributed by atoms with E-state index in [2.05, 4.69) is 0 Å². The third-order valence-corrected chi connectivity index (χ3v) is 0.744. The first-order chi connectivity index (χ1) is 4.18. The van der Waals surface area contributed by atoms with Crippen LogP contribution in [0.1, 0.15) is 20.8 Å². The minimum atomic E-state index is -0.986. The predicted molar refractivity (Wildman–Crippen MR) is 36.1 cm³/mol. The van der Waals surface area contributed by atoms with Gasteiger partial charge in [-0.1, -0.05) is 13.8 Å². The second-order valence-electron chi connectivity index (χ2n) is 1.49. The van der Waals surface area contributed by atoms with Crippen LogP contribution in [0.5, 0.6) is 0 Å². The van der Waals surface area contributed by atoms with Crippen LogP contribution in [0.15, 0.2) is 0 Å². The Morgan fingerprint density at radius 2 is 1.56 bits per heavy atom. The summed E-state index contributed by atoms with van der Waals surface area (Å²) in [6.45, 7) is 5.04. The van der Waals surface area contributed by atoms with Gasteiger partial charge in [-0.25, -0.2) is 0 Å². The Morgan fingerprint density at radius 3 is 1.56 bits per heavy atom. The van der Waals surface area contributed by atoms with Gasteiger partial charge < -0.3 is 15.3 Å². The van der Waals surface area contributed by atoms with Gasteiger partial charge in [-0.3, -0.25) is 0 Å². The molecule has 0 heterocycles. The zero-order valence-electron chi connectivity index (χ0n) is 6.20. The number of rotatable bonds is 2. The Hall–Kier alpha value is -0.120. The molecule has 2 atom stereocenters. The standard InChI is InChI=1S/C4H10O3.C2H6/c1-3(6)4(7)2-5;1-2/h3-7H,2H2,1H3;1-2H3. The Bertz CT molecular complexity index is 45.6. The minimum absolute atomic E-state index is 0.377. The van der Waals surface area contributed by atoms with E-state index in [-0.39, 0.29) is 6.61 Å². The molecule has 0 saturated heterocycles. The monoisotopic (exact) mass is 136 g/mol. The molecule has 0 radical (unpaired) electrons. The fourth-order valence-electron chi connectivity index (χ4n) is 0.153. The lowest BCUT2D eigenvalue weighted by atomic mass is 10.2. The molecule has 3 N–H and O–H groups in total. The molecule has 58 valence electrons. The van der Waals surface area contributed by atoms with E-state index in [4.69, 9.17) is 15.3 Å². The predicted octanol–water partition coefficient (Wildman–Crippen LogP) is -0.253. The van der Waals surface area contributed by atoms with E-state index in [1.54, 1.807) is 0 Å². The summed E-state index contributed by atoms with van der Waals surface area (Å²) in [6.07, 6.45) is -1.81. The molecule has 9 heavy (non-hydrogen) atoms. The van der Waals surface area contributed by atoms with Crippen LogP contribution in [0.4, 0.5) is 0 Å². The Morgan fingerprint density at radius 1 is 1.22 bits per heavy atom. The molecule has 0 aliphatic carbocycles. The van der Waals surface area contributed by atoms with Gasteiger partial charge in [0.2, 0.25) is 0 Å². The van der Waals surface area contributed by atoms with Gasteiger partial charge in [0, 0.05) is 0 Å². The molecule has 0 saturated carbocycles. The van der Waals surface area contributed by atoms with Gasteiger partial charge in [-0.05, 0) is 6.92 Å². The minimum Gasteiger partial charge on any atom is -0.394 e. The van der Waals surface area contributed by atoms with Crippen LogP contribution in [0.3, 0.4) is 0 Å². The third-order valence-electron chi connectivity index (χ3n) is 0.744. The second kappa shape index (κ2) is 7.88. The average molecular weight is 136 g/mol. The van der Waals surface area contributed by atoms with Crippen molar-refractivity contribution in [3.63, 3.8) is 0 Å². The lowest BCUT2D eigenvalue weighted by Crippen LogP contribution is -2.25. The van der Waals surface area contributed by atoms with E-state index in [1.807, 2.05) is 13.8 Å². The highest BCUT2D eigenvalue weighted by Gasteiger charge is 2.06. The summed E-state index contributed by atoms with van der Waals surface area (Å²) < 4.78 is 0. The average Bonchev–Trinajstić information content (AvgIpc) is 1.91. The molecule has 3 nitrogen and oxygen atoms in total. The highest BCUT2D eigenvalue weighted by Crippen LogP contribution is 1.87. The summed E-state index contributed by atoms with van der Waals surface area (Å²) in [5.74, 6) is 0. The third kappa shape index (κ3) is 7.88. The van der Waals surface area contributed by atoms with E-state index >= 15 is 0 Å². The van der Waals surface area contributed by atoms with Crippen molar-refractivity contribution in [1.29, 1.82) is 0 Å². The molecule has 0 aromatic rings. The van der Waals surface area contributed by atoms with E-state index in [0.717, 1.165) is 0 Å². The fourth-order valence-corrected chi connectivity index (χ4v) is 0.153. The van der Waals surface area contributed by atoms with Crippen LogP contribution in [0, 0.1) is 0 Å². The second-order valence-corrected chi connectivity index (χ2v) is 1.49. The van der Waals surface area contributed by atoms with Crippen molar-refractivity contribution in [3.05, 3.63) is 0 Å². The molecule has 0 aliphatic heterocycles. The molecule has 0 rings (SSSR count). The van der Waals surface area contributed by atoms with Gasteiger partial charge in [-0.15, -0.1) is 0 Å². The maximum atomic E-state index is 8.44. The number of hydrogen-bond donors (Lipinski definition) is 3. The van der Waals surface area contributed by atoms with Gasteiger partial charge in [0.05, 0.1) is 12.7 Å². The van der Waals surface area contributed by atoms with Gasteiger partial charge in [0.15, 0.2) is 0 Å². The summed E-state index contributed by atoms with van der Waals surface area (Å²) >= 11 is 0. The van der Waals surface area contributed by atoms with E-state index in [1.165, 1.54) is 6.92 Å². The van der Waals surface area contributed by atoms with Crippen molar-refractivity contribution in [3.8, 4) is 0 Å².